The molecule has 0 fully saturated rings. The first-order chi connectivity index (χ1) is 8.49. The highest BCUT2D eigenvalue weighted by Crippen LogP contribution is 2.30. The lowest BCUT2D eigenvalue weighted by Crippen LogP contribution is -2.09. The second-order valence-corrected chi connectivity index (χ2v) is 4.80. The van der Waals surface area contributed by atoms with Crippen molar-refractivity contribution in [2.75, 3.05) is 5.75 Å². The molecular weight excluding hydrogens is 261 g/mol. The van der Waals surface area contributed by atoms with E-state index in [1.54, 1.807) is 0 Å². The van der Waals surface area contributed by atoms with Crippen molar-refractivity contribution in [2.24, 2.45) is 0 Å². The number of pyridine rings is 1. The molecule has 18 heavy (non-hydrogen) atoms. The molecule has 0 N–H and O–H groups in total. The van der Waals surface area contributed by atoms with Crippen molar-refractivity contribution in [1.29, 1.82) is 5.26 Å². The number of halogens is 3. The highest BCUT2D eigenvalue weighted by molar-refractivity contribution is 7.99. The van der Waals surface area contributed by atoms with Crippen LogP contribution in [0.15, 0.2) is 17.2 Å². The van der Waals surface area contributed by atoms with Gasteiger partial charge in [0.2, 0.25) is 0 Å². The van der Waals surface area contributed by atoms with Crippen LogP contribution in [-0.4, -0.2) is 10.7 Å². The Morgan fingerprint density at radius 3 is 2.61 bits per heavy atom. The number of nitriles is 1. The second kappa shape index (κ2) is 6.64. The number of nitrogens with zero attached hydrogens (tertiary/aromatic N) is 2. The largest absolute Gasteiger partial charge is 0.433 e. The van der Waals surface area contributed by atoms with Gasteiger partial charge in [-0.05, 0) is 24.3 Å². The molecule has 6 heteroatoms. The first-order valence-corrected chi connectivity index (χ1v) is 6.58. The predicted molar refractivity (Wildman–Crippen MR) is 64.2 cm³/mol. The molecule has 0 atom stereocenters. The van der Waals surface area contributed by atoms with Crippen LogP contribution in [-0.2, 0) is 6.18 Å². The summed E-state index contributed by atoms with van der Waals surface area (Å²) in [5, 5.41) is 9.00. The van der Waals surface area contributed by atoms with E-state index >= 15 is 0 Å². The van der Waals surface area contributed by atoms with Crippen LogP contribution < -0.4 is 0 Å². The third-order valence-electron chi connectivity index (χ3n) is 2.26. The average Bonchev–Trinajstić information content (AvgIpc) is 2.33. The van der Waals surface area contributed by atoms with Crippen LogP contribution in [0.2, 0.25) is 0 Å². The molecule has 0 aliphatic heterocycles. The van der Waals surface area contributed by atoms with Gasteiger partial charge in [0.05, 0.1) is 5.56 Å². The lowest BCUT2D eigenvalue weighted by atomic mass is 10.2. The van der Waals surface area contributed by atoms with E-state index in [2.05, 4.69) is 4.98 Å². The van der Waals surface area contributed by atoms with E-state index in [1.165, 1.54) is 17.8 Å². The summed E-state index contributed by atoms with van der Waals surface area (Å²) in [7, 11) is 0. The molecule has 0 bridgehead atoms. The highest BCUT2D eigenvalue weighted by atomic mass is 32.2. The number of unbranched alkanes of at least 4 members (excludes halogenated alkanes) is 2. The number of rotatable bonds is 5. The Morgan fingerprint density at radius 1 is 1.33 bits per heavy atom. The summed E-state index contributed by atoms with van der Waals surface area (Å²) in [6.07, 6.45) is -1.49. The number of hydrogen-bond donors (Lipinski definition) is 0. The molecule has 1 aromatic heterocycles. The van der Waals surface area contributed by atoms with Gasteiger partial charge in [0, 0.05) is 0 Å². The number of hydrogen-bond acceptors (Lipinski definition) is 3. The van der Waals surface area contributed by atoms with E-state index in [0.717, 1.165) is 25.3 Å². The third kappa shape index (κ3) is 4.22. The number of aromatic nitrogens is 1. The molecule has 0 radical (unpaired) electrons. The minimum absolute atomic E-state index is 0.170. The number of alkyl halides is 3. The monoisotopic (exact) mass is 274 g/mol. The van der Waals surface area contributed by atoms with Gasteiger partial charge in [-0.15, -0.1) is 11.8 Å². The van der Waals surface area contributed by atoms with Crippen molar-refractivity contribution in [3.63, 3.8) is 0 Å². The quantitative estimate of drug-likeness (QED) is 0.594. The summed E-state index contributed by atoms with van der Waals surface area (Å²) in [6.45, 7) is 2.05. The van der Waals surface area contributed by atoms with Crippen molar-refractivity contribution in [3.05, 3.63) is 23.4 Å². The fourth-order valence-electron chi connectivity index (χ4n) is 1.31. The van der Waals surface area contributed by atoms with Crippen molar-refractivity contribution >= 4 is 11.8 Å². The Labute approximate surface area is 108 Å². The zero-order valence-electron chi connectivity index (χ0n) is 9.92. The van der Waals surface area contributed by atoms with Gasteiger partial charge in [0.25, 0.3) is 0 Å². The fourth-order valence-corrected chi connectivity index (χ4v) is 2.29. The molecule has 0 saturated heterocycles. The van der Waals surface area contributed by atoms with Crippen molar-refractivity contribution in [3.8, 4) is 6.07 Å². The van der Waals surface area contributed by atoms with Crippen LogP contribution in [0.5, 0.6) is 0 Å². The van der Waals surface area contributed by atoms with Crippen LogP contribution in [0, 0.1) is 11.3 Å². The highest BCUT2D eigenvalue weighted by Gasteiger charge is 2.33. The van der Waals surface area contributed by atoms with E-state index in [-0.39, 0.29) is 10.6 Å². The SMILES string of the molecule is CCCCCSc1nc(C(F)(F)F)ccc1C#N. The summed E-state index contributed by atoms with van der Waals surface area (Å²) in [6, 6.07) is 3.88. The van der Waals surface area contributed by atoms with Gasteiger partial charge < -0.3 is 0 Å². The lowest BCUT2D eigenvalue weighted by molar-refractivity contribution is -0.141. The van der Waals surface area contributed by atoms with Gasteiger partial charge in [-0.2, -0.15) is 18.4 Å². The maximum Gasteiger partial charge on any atom is 0.433 e. The summed E-state index contributed by atoms with van der Waals surface area (Å²) in [4.78, 5) is 3.53. The summed E-state index contributed by atoms with van der Waals surface area (Å²) in [5.41, 5.74) is -0.746. The maximum absolute atomic E-state index is 12.5. The van der Waals surface area contributed by atoms with Gasteiger partial charge in [0.15, 0.2) is 0 Å². The summed E-state index contributed by atoms with van der Waals surface area (Å²) >= 11 is 1.21. The molecule has 0 amide bonds. The first kappa shape index (κ1) is 14.8. The molecule has 0 aliphatic rings. The molecule has 1 aromatic rings. The molecular formula is C12H13F3N2S. The molecule has 0 spiro atoms. The molecule has 0 saturated carbocycles. The Morgan fingerprint density at radius 2 is 2.06 bits per heavy atom. The lowest BCUT2D eigenvalue weighted by Gasteiger charge is -2.08. The Balaban J connectivity index is 2.83. The van der Waals surface area contributed by atoms with Crippen LogP contribution in [0.3, 0.4) is 0 Å². The zero-order valence-corrected chi connectivity index (χ0v) is 10.7. The molecule has 0 aromatic carbocycles. The molecule has 0 unspecified atom stereocenters. The van der Waals surface area contributed by atoms with E-state index in [0.29, 0.717) is 5.75 Å². The average molecular weight is 274 g/mol. The van der Waals surface area contributed by atoms with Crippen LogP contribution in [0.25, 0.3) is 0 Å². The van der Waals surface area contributed by atoms with Gasteiger partial charge in [-0.3, -0.25) is 0 Å². The van der Waals surface area contributed by atoms with Crippen molar-refractivity contribution in [1.82, 2.24) is 4.98 Å². The van der Waals surface area contributed by atoms with E-state index in [1.807, 2.05) is 13.0 Å². The van der Waals surface area contributed by atoms with Crippen molar-refractivity contribution in [2.45, 2.75) is 37.4 Å². The fraction of sp³-hybridized carbons (Fsp3) is 0.500. The molecule has 98 valence electrons. The predicted octanol–water partition coefficient (Wildman–Crippen LogP) is 4.25. The number of thioether (sulfide) groups is 1. The van der Waals surface area contributed by atoms with E-state index in [4.69, 9.17) is 5.26 Å². The van der Waals surface area contributed by atoms with Gasteiger partial charge in [-0.25, -0.2) is 4.98 Å². The molecule has 1 heterocycles. The van der Waals surface area contributed by atoms with Crippen LogP contribution in [0.1, 0.15) is 37.4 Å². The van der Waals surface area contributed by atoms with Gasteiger partial charge in [-0.1, -0.05) is 19.8 Å². The van der Waals surface area contributed by atoms with E-state index < -0.39 is 11.9 Å². The van der Waals surface area contributed by atoms with Gasteiger partial charge >= 0.3 is 6.18 Å². The minimum Gasteiger partial charge on any atom is -0.236 e. The standard InChI is InChI=1S/C12H13F3N2S/c1-2-3-4-7-18-11-9(8-16)5-6-10(17-11)12(13,14)15/h5-6H,2-4,7H2,1H3. The molecule has 0 aliphatic carbocycles. The summed E-state index contributed by atoms with van der Waals surface area (Å²) in [5.74, 6) is 0.677. The zero-order chi connectivity index (χ0) is 13.6. The normalized spacial score (nSPS) is 11.3. The Hall–Kier alpha value is -1.22. The van der Waals surface area contributed by atoms with E-state index in [9.17, 15) is 13.2 Å². The Kier molecular flexibility index (Phi) is 5.48. The Bertz CT molecular complexity index is 438. The van der Waals surface area contributed by atoms with Crippen molar-refractivity contribution < 1.29 is 13.2 Å². The smallest absolute Gasteiger partial charge is 0.236 e. The maximum atomic E-state index is 12.5. The van der Waals surface area contributed by atoms with Crippen LogP contribution >= 0.6 is 11.8 Å². The second-order valence-electron chi connectivity index (χ2n) is 3.71. The third-order valence-corrected chi connectivity index (χ3v) is 3.34. The first-order valence-electron chi connectivity index (χ1n) is 5.60. The summed E-state index contributed by atoms with van der Waals surface area (Å²) < 4.78 is 37.5. The van der Waals surface area contributed by atoms with Gasteiger partial charge in [0.1, 0.15) is 16.8 Å². The minimum atomic E-state index is -4.47. The van der Waals surface area contributed by atoms with Crippen LogP contribution in [0.4, 0.5) is 13.2 Å². The topological polar surface area (TPSA) is 36.7 Å². The molecule has 2 nitrogen and oxygen atoms in total. The molecule has 1 rings (SSSR count).